The van der Waals surface area contributed by atoms with Gasteiger partial charge in [-0.05, 0) is 31.9 Å². The van der Waals surface area contributed by atoms with Crippen molar-refractivity contribution in [2.24, 2.45) is 0 Å². The first kappa shape index (κ1) is 11.4. The van der Waals surface area contributed by atoms with Gasteiger partial charge in [-0.3, -0.25) is 4.79 Å². The van der Waals surface area contributed by atoms with E-state index in [1.807, 2.05) is 13.0 Å². The molecule has 1 unspecified atom stereocenters. The Balaban J connectivity index is 4.14. The summed E-state index contributed by atoms with van der Waals surface area (Å²) in [5, 5.41) is 0. The van der Waals surface area contributed by atoms with Crippen molar-refractivity contribution < 1.29 is 9.53 Å². The second-order valence-electron chi connectivity index (χ2n) is 2.97. The maximum atomic E-state index is 10.9. The first-order valence-electron chi connectivity index (χ1n) is 4.34. The SMILES string of the molecule is CCCC(/C=C(\C)C(C)=O)OC. The highest BCUT2D eigenvalue weighted by Crippen LogP contribution is 2.06. The summed E-state index contributed by atoms with van der Waals surface area (Å²) >= 11 is 0. The lowest BCUT2D eigenvalue weighted by Crippen LogP contribution is -2.08. The van der Waals surface area contributed by atoms with Gasteiger partial charge in [-0.25, -0.2) is 0 Å². The Morgan fingerprint density at radius 3 is 2.42 bits per heavy atom. The van der Waals surface area contributed by atoms with Crippen LogP contribution in [0.15, 0.2) is 11.6 Å². The Hall–Kier alpha value is -0.630. The van der Waals surface area contributed by atoms with Crippen LogP contribution < -0.4 is 0 Å². The van der Waals surface area contributed by atoms with Gasteiger partial charge in [-0.15, -0.1) is 0 Å². The first-order valence-corrected chi connectivity index (χ1v) is 4.34. The number of carbonyl (C=O) groups excluding carboxylic acids is 1. The summed E-state index contributed by atoms with van der Waals surface area (Å²) in [6.45, 7) is 5.50. The molecule has 0 aliphatic heterocycles. The third-order valence-corrected chi connectivity index (χ3v) is 1.87. The van der Waals surface area contributed by atoms with Crippen LogP contribution in [0.5, 0.6) is 0 Å². The molecule has 0 bridgehead atoms. The van der Waals surface area contributed by atoms with Crippen LogP contribution in [0, 0.1) is 0 Å². The normalized spacial score (nSPS) is 14.5. The van der Waals surface area contributed by atoms with Gasteiger partial charge in [-0.2, -0.15) is 0 Å². The van der Waals surface area contributed by atoms with Crippen LogP contribution >= 0.6 is 0 Å². The van der Waals surface area contributed by atoms with Crippen LogP contribution in [0.25, 0.3) is 0 Å². The summed E-state index contributed by atoms with van der Waals surface area (Å²) in [7, 11) is 1.67. The molecule has 2 nitrogen and oxygen atoms in total. The third kappa shape index (κ3) is 4.29. The quantitative estimate of drug-likeness (QED) is 0.592. The topological polar surface area (TPSA) is 26.3 Å². The van der Waals surface area contributed by atoms with Gasteiger partial charge in [0.25, 0.3) is 0 Å². The number of hydrogen-bond donors (Lipinski definition) is 0. The predicted octanol–water partition coefficient (Wildman–Crippen LogP) is 2.34. The molecule has 0 radical (unpaired) electrons. The van der Waals surface area contributed by atoms with Crippen molar-refractivity contribution >= 4 is 5.78 Å². The van der Waals surface area contributed by atoms with Crippen LogP contribution in [-0.4, -0.2) is 19.0 Å². The number of Topliss-reactive ketones (excluding diaryl/α,β-unsaturated/α-hetero) is 1. The molecular formula is C10H18O2. The van der Waals surface area contributed by atoms with Crippen molar-refractivity contribution in [2.45, 2.75) is 39.7 Å². The summed E-state index contributed by atoms with van der Waals surface area (Å²) in [4.78, 5) is 10.9. The van der Waals surface area contributed by atoms with Gasteiger partial charge in [0.05, 0.1) is 6.10 Å². The van der Waals surface area contributed by atoms with E-state index in [9.17, 15) is 4.79 Å². The molecule has 1 atom stereocenters. The smallest absolute Gasteiger partial charge is 0.155 e. The minimum absolute atomic E-state index is 0.0962. The minimum Gasteiger partial charge on any atom is -0.377 e. The molecule has 70 valence electrons. The standard InChI is InChI=1S/C10H18O2/c1-5-6-10(12-4)7-8(2)9(3)11/h7,10H,5-6H2,1-4H3/b8-7+. The van der Waals surface area contributed by atoms with Gasteiger partial charge in [0.15, 0.2) is 5.78 Å². The van der Waals surface area contributed by atoms with Gasteiger partial charge in [0, 0.05) is 7.11 Å². The zero-order chi connectivity index (χ0) is 9.56. The Bertz CT molecular complexity index is 171. The first-order chi connectivity index (χ1) is 5.61. The number of rotatable bonds is 5. The monoisotopic (exact) mass is 170 g/mol. The zero-order valence-corrected chi connectivity index (χ0v) is 8.39. The van der Waals surface area contributed by atoms with Crippen LogP contribution in [0.2, 0.25) is 0 Å². The van der Waals surface area contributed by atoms with E-state index in [0.29, 0.717) is 0 Å². The van der Waals surface area contributed by atoms with Gasteiger partial charge < -0.3 is 4.74 Å². The molecule has 2 heteroatoms. The van der Waals surface area contributed by atoms with Gasteiger partial charge in [0.2, 0.25) is 0 Å². The molecule has 12 heavy (non-hydrogen) atoms. The molecule has 0 aromatic rings. The Morgan fingerprint density at radius 2 is 2.08 bits per heavy atom. The third-order valence-electron chi connectivity index (χ3n) is 1.87. The predicted molar refractivity (Wildman–Crippen MR) is 50.1 cm³/mol. The molecule has 0 amide bonds. The summed E-state index contributed by atoms with van der Waals surface area (Å²) in [6.07, 6.45) is 4.03. The second kappa shape index (κ2) is 5.95. The molecule has 0 aromatic carbocycles. The van der Waals surface area contributed by atoms with Crippen molar-refractivity contribution in [1.82, 2.24) is 0 Å². The molecule has 0 rings (SSSR count). The summed E-state index contributed by atoms with van der Waals surface area (Å²) in [6, 6.07) is 0. The Morgan fingerprint density at radius 1 is 1.50 bits per heavy atom. The van der Waals surface area contributed by atoms with E-state index in [0.717, 1.165) is 18.4 Å². The number of ketones is 1. The highest BCUT2D eigenvalue weighted by molar-refractivity contribution is 5.92. The highest BCUT2D eigenvalue weighted by atomic mass is 16.5. The maximum Gasteiger partial charge on any atom is 0.155 e. The number of methoxy groups -OCH3 is 1. The largest absolute Gasteiger partial charge is 0.377 e. The average molecular weight is 170 g/mol. The molecule has 0 aromatic heterocycles. The van der Waals surface area contributed by atoms with Crippen molar-refractivity contribution in [3.8, 4) is 0 Å². The Labute approximate surface area is 74.6 Å². The number of ether oxygens (including phenoxy) is 1. The summed E-state index contributed by atoms with van der Waals surface area (Å²) in [5.74, 6) is 0.119. The average Bonchev–Trinajstić information content (AvgIpc) is 2.03. The maximum absolute atomic E-state index is 10.9. The van der Waals surface area contributed by atoms with Crippen molar-refractivity contribution in [3.63, 3.8) is 0 Å². The molecule has 0 heterocycles. The fraction of sp³-hybridized carbons (Fsp3) is 0.700. The molecule has 0 aliphatic carbocycles. The van der Waals surface area contributed by atoms with Crippen molar-refractivity contribution in [2.75, 3.05) is 7.11 Å². The Kier molecular flexibility index (Phi) is 5.64. The van der Waals surface area contributed by atoms with E-state index in [2.05, 4.69) is 6.92 Å². The van der Waals surface area contributed by atoms with Crippen molar-refractivity contribution in [1.29, 1.82) is 0 Å². The molecule has 0 aliphatic rings. The van der Waals surface area contributed by atoms with Crippen molar-refractivity contribution in [3.05, 3.63) is 11.6 Å². The lowest BCUT2D eigenvalue weighted by Gasteiger charge is -2.09. The number of carbonyl (C=O) groups is 1. The van der Waals surface area contributed by atoms with E-state index >= 15 is 0 Å². The second-order valence-corrected chi connectivity index (χ2v) is 2.97. The van der Waals surface area contributed by atoms with E-state index in [4.69, 9.17) is 4.74 Å². The molecular weight excluding hydrogens is 152 g/mol. The molecule has 0 saturated carbocycles. The van der Waals surface area contributed by atoms with E-state index in [1.54, 1.807) is 14.0 Å². The van der Waals surface area contributed by atoms with E-state index < -0.39 is 0 Å². The molecule has 0 saturated heterocycles. The highest BCUT2D eigenvalue weighted by Gasteiger charge is 2.04. The van der Waals surface area contributed by atoms with E-state index in [1.165, 1.54) is 0 Å². The zero-order valence-electron chi connectivity index (χ0n) is 8.39. The van der Waals surface area contributed by atoms with Crippen LogP contribution in [-0.2, 0) is 9.53 Å². The molecule has 0 spiro atoms. The number of hydrogen-bond acceptors (Lipinski definition) is 2. The van der Waals surface area contributed by atoms with Gasteiger partial charge in [0.1, 0.15) is 0 Å². The molecule has 0 N–H and O–H groups in total. The van der Waals surface area contributed by atoms with Gasteiger partial charge >= 0.3 is 0 Å². The summed E-state index contributed by atoms with van der Waals surface area (Å²) in [5.41, 5.74) is 0.787. The fourth-order valence-electron chi connectivity index (χ4n) is 0.950. The van der Waals surface area contributed by atoms with Crippen LogP contribution in [0.3, 0.4) is 0 Å². The fourth-order valence-corrected chi connectivity index (χ4v) is 0.950. The number of allylic oxidation sites excluding steroid dienone is 1. The lowest BCUT2D eigenvalue weighted by molar-refractivity contribution is -0.113. The minimum atomic E-state index is 0.0962. The van der Waals surface area contributed by atoms with E-state index in [-0.39, 0.29) is 11.9 Å². The van der Waals surface area contributed by atoms with Crippen LogP contribution in [0.1, 0.15) is 33.6 Å². The van der Waals surface area contributed by atoms with Gasteiger partial charge in [-0.1, -0.05) is 13.3 Å². The van der Waals surface area contributed by atoms with Crippen LogP contribution in [0.4, 0.5) is 0 Å². The lowest BCUT2D eigenvalue weighted by atomic mass is 10.1. The summed E-state index contributed by atoms with van der Waals surface area (Å²) < 4.78 is 5.18. The molecule has 0 fully saturated rings.